The van der Waals surface area contributed by atoms with Gasteiger partial charge >= 0.3 is 0 Å². The zero-order valence-electron chi connectivity index (χ0n) is 9.40. The number of aromatic nitrogens is 1. The van der Waals surface area contributed by atoms with Gasteiger partial charge in [-0.05, 0) is 25.1 Å². The van der Waals surface area contributed by atoms with Crippen LogP contribution in [0.1, 0.15) is 17.0 Å². The Balaban J connectivity index is 2.07. The van der Waals surface area contributed by atoms with Crippen molar-refractivity contribution in [1.29, 1.82) is 5.26 Å². The largest absolute Gasteiger partial charge is 0.397 e. The van der Waals surface area contributed by atoms with Crippen molar-refractivity contribution < 1.29 is 4.52 Å². The molecule has 0 aliphatic heterocycles. The minimum absolute atomic E-state index is 0.535. The quantitative estimate of drug-likeness (QED) is 0.785. The summed E-state index contributed by atoms with van der Waals surface area (Å²) in [5.74, 6) is 0.773. The van der Waals surface area contributed by atoms with Crippen LogP contribution < -0.4 is 11.1 Å². The Bertz CT molecular complexity index is 568. The van der Waals surface area contributed by atoms with Crippen LogP contribution in [-0.4, -0.2) is 5.16 Å². The maximum absolute atomic E-state index is 8.72. The number of aryl methyl sites for hydroxylation is 1. The lowest BCUT2D eigenvalue weighted by atomic mass is 10.2. The number of benzene rings is 1. The van der Waals surface area contributed by atoms with Crippen LogP contribution >= 0.6 is 0 Å². The molecule has 0 aliphatic rings. The molecule has 0 atom stereocenters. The maximum atomic E-state index is 8.72. The normalized spacial score (nSPS) is 9.88. The van der Waals surface area contributed by atoms with Gasteiger partial charge in [-0.25, -0.2) is 0 Å². The fourth-order valence-electron chi connectivity index (χ4n) is 1.48. The molecule has 0 unspecified atom stereocenters. The van der Waals surface area contributed by atoms with Crippen LogP contribution in [0.2, 0.25) is 0 Å². The summed E-state index contributed by atoms with van der Waals surface area (Å²) in [5, 5.41) is 15.7. The van der Waals surface area contributed by atoms with Crippen LogP contribution in [-0.2, 0) is 6.54 Å². The summed E-state index contributed by atoms with van der Waals surface area (Å²) in [6.45, 7) is 2.38. The molecule has 5 heteroatoms. The summed E-state index contributed by atoms with van der Waals surface area (Å²) in [4.78, 5) is 0. The molecule has 17 heavy (non-hydrogen) atoms. The summed E-state index contributed by atoms with van der Waals surface area (Å²) < 4.78 is 4.96. The number of hydrogen-bond acceptors (Lipinski definition) is 5. The van der Waals surface area contributed by atoms with Crippen molar-refractivity contribution >= 4 is 11.4 Å². The number of nitrogens with one attached hydrogen (secondary N) is 1. The van der Waals surface area contributed by atoms with Crippen molar-refractivity contribution in [2.45, 2.75) is 13.5 Å². The minimum atomic E-state index is 0.535. The highest BCUT2D eigenvalue weighted by atomic mass is 16.5. The van der Waals surface area contributed by atoms with Crippen LogP contribution in [0.4, 0.5) is 11.4 Å². The van der Waals surface area contributed by atoms with Gasteiger partial charge in [0.05, 0.1) is 29.6 Å². The van der Waals surface area contributed by atoms with Gasteiger partial charge in [-0.3, -0.25) is 0 Å². The third-order valence-electron chi connectivity index (χ3n) is 2.32. The Morgan fingerprint density at radius 1 is 1.47 bits per heavy atom. The van der Waals surface area contributed by atoms with Crippen LogP contribution in [0.15, 0.2) is 28.8 Å². The molecule has 0 saturated carbocycles. The van der Waals surface area contributed by atoms with E-state index in [4.69, 9.17) is 15.5 Å². The van der Waals surface area contributed by atoms with E-state index < -0.39 is 0 Å². The lowest BCUT2D eigenvalue weighted by Crippen LogP contribution is -2.02. The fourth-order valence-corrected chi connectivity index (χ4v) is 1.48. The van der Waals surface area contributed by atoms with Crippen molar-refractivity contribution in [1.82, 2.24) is 5.16 Å². The van der Waals surface area contributed by atoms with Crippen molar-refractivity contribution in [3.63, 3.8) is 0 Å². The number of anilines is 2. The van der Waals surface area contributed by atoms with Crippen molar-refractivity contribution in [3.05, 3.63) is 41.3 Å². The highest BCUT2D eigenvalue weighted by Gasteiger charge is 2.03. The van der Waals surface area contributed by atoms with Gasteiger partial charge in [0, 0.05) is 6.07 Å². The second kappa shape index (κ2) is 4.58. The van der Waals surface area contributed by atoms with Crippen molar-refractivity contribution in [3.8, 4) is 6.07 Å². The maximum Gasteiger partial charge on any atom is 0.133 e. The Hall–Kier alpha value is -2.48. The van der Waals surface area contributed by atoms with Gasteiger partial charge in [0.15, 0.2) is 0 Å². The van der Waals surface area contributed by atoms with Gasteiger partial charge < -0.3 is 15.6 Å². The molecular weight excluding hydrogens is 216 g/mol. The predicted molar refractivity (Wildman–Crippen MR) is 64.1 cm³/mol. The smallest absolute Gasteiger partial charge is 0.133 e. The lowest BCUT2D eigenvalue weighted by molar-refractivity contribution is 0.391. The molecule has 86 valence electrons. The first-order valence-electron chi connectivity index (χ1n) is 5.15. The standard InChI is InChI=1S/C12H12N4O/c1-8-4-10(16-17-8)7-15-12-3-2-9(6-13)5-11(12)14/h2-5,15H,7,14H2,1H3. The van der Waals surface area contributed by atoms with E-state index in [9.17, 15) is 0 Å². The number of nitriles is 1. The Morgan fingerprint density at radius 3 is 2.88 bits per heavy atom. The average molecular weight is 228 g/mol. The van der Waals surface area contributed by atoms with Gasteiger partial charge in [-0.2, -0.15) is 5.26 Å². The summed E-state index contributed by atoms with van der Waals surface area (Å²) in [6, 6.07) is 9.02. The molecule has 2 aromatic rings. The van der Waals surface area contributed by atoms with Crippen molar-refractivity contribution in [2.24, 2.45) is 0 Å². The Kier molecular flexibility index (Phi) is 2.97. The molecule has 0 spiro atoms. The second-order valence-corrected chi connectivity index (χ2v) is 3.70. The highest BCUT2D eigenvalue weighted by Crippen LogP contribution is 2.20. The van der Waals surface area contributed by atoms with E-state index in [1.54, 1.807) is 18.2 Å². The lowest BCUT2D eigenvalue weighted by Gasteiger charge is -2.07. The Labute approximate surface area is 98.8 Å². The molecule has 3 N–H and O–H groups in total. The van der Waals surface area contributed by atoms with E-state index >= 15 is 0 Å². The van der Waals surface area contributed by atoms with E-state index in [1.807, 2.05) is 19.1 Å². The summed E-state index contributed by atoms with van der Waals surface area (Å²) in [6.07, 6.45) is 0. The first-order chi connectivity index (χ1) is 8.19. The molecule has 0 amide bonds. The van der Waals surface area contributed by atoms with E-state index in [2.05, 4.69) is 10.5 Å². The fraction of sp³-hybridized carbons (Fsp3) is 0.167. The molecule has 0 saturated heterocycles. The monoisotopic (exact) mass is 228 g/mol. The number of rotatable bonds is 3. The van der Waals surface area contributed by atoms with Gasteiger partial charge in [-0.15, -0.1) is 0 Å². The molecule has 2 rings (SSSR count). The molecule has 1 aromatic carbocycles. The van der Waals surface area contributed by atoms with Crippen LogP contribution in [0.25, 0.3) is 0 Å². The van der Waals surface area contributed by atoms with E-state index in [0.717, 1.165) is 17.1 Å². The molecular formula is C12H12N4O. The van der Waals surface area contributed by atoms with Gasteiger partial charge in [0.2, 0.25) is 0 Å². The summed E-state index contributed by atoms with van der Waals surface area (Å²) >= 11 is 0. The topological polar surface area (TPSA) is 87.9 Å². The van der Waals surface area contributed by atoms with E-state index in [0.29, 0.717) is 17.8 Å². The Morgan fingerprint density at radius 2 is 2.29 bits per heavy atom. The third-order valence-corrected chi connectivity index (χ3v) is 2.32. The molecule has 0 aliphatic carbocycles. The first kappa shape index (κ1) is 11.0. The molecule has 5 nitrogen and oxygen atoms in total. The van der Waals surface area contributed by atoms with Gasteiger partial charge in [0.25, 0.3) is 0 Å². The zero-order valence-corrected chi connectivity index (χ0v) is 9.40. The van der Waals surface area contributed by atoms with Gasteiger partial charge in [-0.1, -0.05) is 5.16 Å². The second-order valence-electron chi connectivity index (χ2n) is 3.70. The molecule has 1 heterocycles. The van der Waals surface area contributed by atoms with Crippen LogP contribution in [0.5, 0.6) is 0 Å². The van der Waals surface area contributed by atoms with Gasteiger partial charge in [0.1, 0.15) is 11.5 Å². The molecule has 0 radical (unpaired) electrons. The van der Waals surface area contributed by atoms with Crippen molar-refractivity contribution in [2.75, 3.05) is 11.1 Å². The number of hydrogen-bond donors (Lipinski definition) is 2. The van der Waals surface area contributed by atoms with E-state index in [1.165, 1.54) is 0 Å². The average Bonchev–Trinajstić information content (AvgIpc) is 2.73. The number of nitrogens with two attached hydrogens (primary N) is 1. The molecule has 0 bridgehead atoms. The van der Waals surface area contributed by atoms with Crippen LogP contribution in [0.3, 0.4) is 0 Å². The summed E-state index contributed by atoms with van der Waals surface area (Å²) in [5.41, 5.74) is 8.49. The third kappa shape index (κ3) is 2.55. The SMILES string of the molecule is Cc1cc(CNc2ccc(C#N)cc2N)no1. The minimum Gasteiger partial charge on any atom is -0.397 e. The number of nitrogen functional groups attached to an aromatic ring is 1. The number of nitrogens with zero attached hydrogens (tertiary/aromatic N) is 2. The molecule has 0 fully saturated rings. The molecule has 1 aromatic heterocycles. The van der Waals surface area contributed by atoms with Crippen LogP contribution in [0, 0.1) is 18.3 Å². The zero-order chi connectivity index (χ0) is 12.3. The van der Waals surface area contributed by atoms with E-state index in [-0.39, 0.29) is 0 Å². The predicted octanol–water partition coefficient (Wildman–Crippen LogP) is 2.05. The first-order valence-corrected chi connectivity index (χ1v) is 5.15. The summed E-state index contributed by atoms with van der Waals surface area (Å²) in [7, 11) is 0. The highest BCUT2D eigenvalue weighted by molar-refractivity contribution is 5.68.